The quantitative estimate of drug-likeness (QED) is 0.353. The largest absolute Gasteiger partial charge is 0.423 e. The number of sulfonamides is 1. The SMILES string of the molecule is O=C(Oc1ccc(Cl)cc1)c1ccc(NS(=O)(=O)c2cccc3cccnc23)cc1. The molecule has 30 heavy (non-hydrogen) atoms. The number of pyridine rings is 1. The topological polar surface area (TPSA) is 85.4 Å². The van der Waals surface area contributed by atoms with Crippen molar-refractivity contribution in [1.29, 1.82) is 0 Å². The summed E-state index contributed by atoms with van der Waals surface area (Å²) >= 11 is 5.81. The molecule has 3 aromatic carbocycles. The van der Waals surface area contributed by atoms with Crippen molar-refractivity contribution < 1.29 is 17.9 Å². The molecule has 0 radical (unpaired) electrons. The van der Waals surface area contributed by atoms with E-state index in [9.17, 15) is 13.2 Å². The Balaban J connectivity index is 1.52. The maximum absolute atomic E-state index is 12.8. The first-order valence-electron chi connectivity index (χ1n) is 8.87. The van der Waals surface area contributed by atoms with Crippen LogP contribution in [0.4, 0.5) is 5.69 Å². The van der Waals surface area contributed by atoms with E-state index in [0.717, 1.165) is 5.39 Å². The van der Waals surface area contributed by atoms with E-state index in [1.165, 1.54) is 30.3 Å². The van der Waals surface area contributed by atoms with Crippen molar-refractivity contribution in [3.8, 4) is 5.75 Å². The number of para-hydroxylation sites is 1. The van der Waals surface area contributed by atoms with Gasteiger partial charge in [-0.3, -0.25) is 9.71 Å². The zero-order valence-electron chi connectivity index (χ0n) is 15.4. The van der Waals surface area contributed by atoms with Gasteiger partial charge in [0.15, 0.2) is 0 Å². The Bertz CT molecular complexity index is 1320. The highest BCUT2D eigenvalue weighted by atomic mass is 35.5. The van der Waals surface area contributed by atoms with E-state index < -0.39 is 16.0 Å². The fraction of sp³-hybridized carbons (Fsp3) is 0. The Kier molecular flexibility index (Phi) is 5.39. The second-order valence-corrected chi connectivity index (χ2v) is 8.44. The molecule has 1 N–H and O–H groups in total. The molecule has 0 spiro atoms. The lowest BCUT2D eigenvalue weighted by atomic mass is 10.2. The van der Waals surface area contributed by atoms with Crippen LogP contribution < -0.4 is 9.46 Å². The molecule has 8 heteroatoms. The Morgan fingerprint density at radius 2 is 1.60 bits per heavy atom. The van der Waals surface area contributed by atoms with Gasteiger partial charge in [0, 0.05) is 22.3 Å². The minimum absolute atomic E-state index is 0.0758. The molecule has 0 aliphatic heterocycles. The van der Waals surface area contributed by atoms with Gasteiger partial charge in [-0.05, 0) is 60.7 Å². The molecule has 150 valence electrons. The molecular weight excluding hydrogens is 424 g/mol. The third kappa shape index (κ3) is 4.27. The number of hydrogen-bond acceptors (Lipinski definition) is 5. The Morgan fingerprint density at radius 1 is 0.900 bits per heavy atom. The van der Waals surface area contributed by atoms with Gasteiger partial charge in [0.2, 0.25) is 0 Å². The number of rotatable bonds is 5. The fourth-order valence-electron chi connectivity index (χ4n) is 2.85. The van der Waals surface area contributed by atoms with Gasteiger partial charge in [0.05, 0.1) is 11.1 Å². The molecule has 0 saturated carbocycles. The third-order valence-corrected chi connectivity index (χ3v) is 5.95. The van der Waals surface area contributed by atoms with Gasteiger partial charge in [0.25, 0.3) is 10.0 Å². The number of fused-ring (bicyclic) bond motifs is 1. The standard InChI is InChI=1S/C22H15ClN2O4S/c23-17-8-12-19(13-9-17)29-22(26)16-6-10-18(11-7-16)25-30(27,28)20-5-1-3-15-4-2-14-24-21(15)20/h1-14,25H. The van der Waals surface area contributed by atoms with Gasteiger partial charge >= 0.3 is 5.97 Å². The monoisotopic (exact) mass is 438 g/mol. The summed E-state index contributed by atoms with van der Waals surface area (Å²) in [6.07, 6.45) is 1.54. The number of nitrogens with one attached hydrogen (secondary N) is 1. The van der Waals surface area contributed by atoms with Gasteiger partial charge in [-0.15, -0.1) is 0 Å². The molecule has 0 amide bonds. The lowest BCUT2D eigenvalue weighted by Gasteiger charge is -2.10. The van der Waals surface area contributed by atoms with Crippen LogP contribution in [0.1, 0.15) is 10.4 Å². The average Bonchev–Trinajstić information content (AvgIpc) is 2.75. The second kappa shape index (κ2) is 8.14. The molecule has 4 rings (SSSR count). The van der Waals surface area contributed by atoms with Crippen LogP contribution in [-0.4, -0.2) is 19.4 Å². The Hall–Kier alpha value is -3.42. The molecule has 6 nitrogen and oxygen atoms in total. The molecule has 0 aliphatic carbocycles. The maximum atomic E-state index is 12.8. The van der Waals surface area contributed by atoms with E-state index in [2.05, 4.69) is 9.71 Å². The number of ether oxygens (including phenoxy) is 1. The van der Waals surface area contributed by atoms with Crippen LogP contribution in [0, 0.1) is 0 Å². The van der Waals surface area contributed by atoms with Crippen LogP contribution in [0.15, 0.2) is 90.0 Å². The number of anilines is 1. The number of nitrogens with zero attached hydrogens (tertiary/aromatic N) is 1. The van der Waals surface area contributed by atoms with Crippen molar-refractivity contribution in [3.05, 3.63) is 95.6 Å². The lowest BCUT2D eigenvalue weighted by Crippen LogP contribution is -2.14. The van der Waals surface area contributed by atoms with E-state index in [1.54, 1.807) is 54.7 Å². The summed E-state index contributed by atoms with van der Waals surface area (Å²) < 4.78 is 33.5. The smallest absolute Gasteiger partial charge is 0.343 e. The molecule has 1 heterocycles. The zero-order valence-corrected chi connectivity index (χ0v) is 17.0. The predicted octanol–water partition coefficient (Wildman–Crippen LogP) is 4.91. The minimum atomic E-state index is -3.87. The summed E-state index contributed by atoms with van der Waals surface area (Å²) in [5.41, 5.74) is 0.973. The molecule has 4 aromatic rings. The molecule has 0 bridgehead atoms. The van der Waals surface area contributed by atoms with E-state index in [1.807, 2.05) is 0 Å². The number of carbonyl (C=O) groups is 1. The van der Waals surface area contributed by atoms with Gasteiger partial charge in [-0.25, -0.2) is 13.2 Å². The summed E-state index contributed by atoms with van der Waals surface area (Å²) in [6.45, 7) is 0. The number of esters is 1. The van der Waals surface area contributed by atoms with Crippen LogP contribution in [0.2, 0.25) is 5.02 Å². The molecule has 0 fully saturated rings. The van der Waals surface area contributed by atoms with Gasteiger partial charge in [0.1, 0.15) is 10.6 Å². The van der Waals surface area contributed by atoms with E-state index in [0.29, 0.717) is 22.0 Å². The van der Waals surface area contributed by atoms with Crippen molar-refractivity contribution in [3.63, 3.8) is 0 Å². The van der Waals surface area contributed by atoms with E-state index in [4.69, 9.17) is 16.3 Å². The first-order valence-corrected chi connectivity index (χ1v) is 10.7. The van der Waals surface area contributed by atoms with Gasteiger partial charge < -0.3 is 4.74 Å². The predicted molar refractivity (Wildman–Crippen MR) is 115 cm³/mol. The fourth-order valence-corrected chi connectivity index (χ4v) is 4.21. The number of benzene rings is 3. The van der Waals surface area contributed by atoms with E-state index in [-0.39, 0.29) is 10.5 Å². The normalized spacial score (nSPS) is 11.2. The first kappa shape index (κ1) is 19.9. The highest BCUT2D eigenvalue weighted by Crippen LogP contribution is 2.24. The van der Waals surface area contributed by atoms with Crippen LogP contribution in [0.5, 0.6) is 5.75 Å². The van der Waals surface area contributed by atoms with Crippen LogP contribution in [0.25, 0.3) is 10.9 Å². The van der Waals surface area contributed by atoms with Crippen molar-refractivity contribution >= 4 is 44.2 Å². The molecular formula is C22H15ClN2O4S. The van der Waals surface area contributed by atoms with Crippen LogP contribution in [-0.2, 0) is 10.0 Å². The van der Waals surface area contributed by atoms with Crippen LogP contribution in [0.3, 0.4) is 0 Å². The van der Waals surface area contributed by atoms with Gasteiger partial charge in [-0.1, -0.05) is 29.8 Å². The first-order chi connectivity index (χ1) is 14.4. The average molecular weight is 439 g/mol. The molecule has 1 aromatic heterocycles. The summed E-state index contributed by atoms with van der Waals surface area (Å²) in [5.74, 6) is -0.206. The second-order valence-electron chi connectivity index (χ2n) is 6.36. The number of carbonyl (C=O) groups excluding carboxylic acids is 1. The summed E-state index contributed by atoms with van der Waals surface area (Å²) in [6, 6.07) is 20.8. The zero-order chi connectivity index (χ0) is 21.1. The summed E-state index contributed by atoms with van der Waals surface area (Å²) in [7, 11) is -3.87. The number of halogens is 1. The van der Waals surface area contributed by atoms with Crippen molar-refractivity contribution in [1.82, 2.24) is 4.98 Å². The molecule has 0 atom stereocenters. The highest BCUT2D eigenvalue weighted by Gasteiger charge is 2.18. The summed E-state index contributed by atoms with van der Waals surface area (Å²) in [4.78, 5) is 16.5. The third-order valence-electron chi connectivity index (χ3n) is 4.28. The molecule has 0 aliphatic rings. The number of hydrogen-bond donors (Lipinski definition) is 1. The Labute approximate surface area is 178 Å². The van der Waals surface area contributed by atoms with Crippen molar-refractivity contribution in [2.45, 2.75) is 4.90 Å². The van der Waals surface area contributed by atoms with Gasteiger partial charge in [-0.2, -0.15) is 0 Å². The molecule has 0 saturated heterocycles. The Morgan fingerprint density at radius 3 is 2.33 bits per heavy atom. The highest BCUT2D eigenvalue weighted by molar-refractivity contribution is 7.93. The van der Waals surface area contributed by atoms with Crippen molar-refractivity contribution in [2.24, 2.45) is 0 Å². The maximum Gasteiger partial charge on any atom is 0.343 e. The van der Waals surface area contributed by atoms with E-state index >= 15 is 0 Å². The van der Waals surface area contributed by atoms with Crippen LogP contribution >= 0.6 is 11.6 Å². The summed E-state index contributed by atoms with van der Waals surface area (Å²) in [5, 5.41) is 1.26. The number of aromatic nitrogens is 1. The minimum Gasteiger partial charge on any atom is -0.423 e. The lowest BCUT2D eigenvalue weighted by molar-refractivity contribution is 0.0735. The molecule has 0 unspecified atom stereocenters. The van der Waals surface area contributed by atoms with Crippen molar-refractivity contribution in [2.75, 3.05) is 4.72 Å².